The van der Waals surface area contributed by atoms with Crippen molar-refractivity contribution in [1.29, 1.82) is 0 Å². The van der Waals surface area contributed by atoms with E-state index in [-0.39, 0.29) is 0 Å². The Morgan fingerprint density at radius 2 is 2.11 bits per heavy atom. The number of nitrogens with one attached hydrogen (secondary N) is 1. The Kier molecular flexibility index (Phi) is 5.21. The zero-order valence-electron chi connectivity index (χ0n) is 11.6. The Labute approximate surface area is 111 Å². The number of rotatable bonds is 6. The van der Waals surface area contributed by atoms with Gasteiger partial charge in [0.05, 0.1) is 6.61 Å². The van der Waals surface area contributed by atoms with Gasteiger partial charge < -0.3 is 10.1 Å². The maximum absolute atomic E-state index is 5.17. The topological polar surface area (TPSA) is 21.3 Å². The van der Waals surface area contributed by atoms with Crippen LogP contribution in [-0.4, -0.2) is 13.2 Å². The van der Waals surface area contributed by atoms with Crippen LogP contribution in [0.3, 0.4) is 0 Å². The highest BCUT2D eigenvalue weighted by Gasteiger charge is 2.22. The highest BCUT2D eigenvalue weighted by molar-refractivity contribution is 5.22. The predicted octanol–water partition coefficient (Wildman–Crippen LogP) is 3.50. The second kappa shape index (κ2) is 6.91. The van der Waals surface area contributed by atoms with E-state index in [2.05, 4.69) is 36.5 Å². The molecule has 0 heterocycles. The van der Waals surface area contributed by atoms with Crippen LogP contribution < -0.4 is 5.32 Å². The van der Waals surface area contributed by atoms with Crippen LogP contribution in [-0.2, 0) is 17.9 Å². The van der Waals surface area contributed by atoms with Crippen molar-refractivity contribution >= 4 is 0 Å². The molecule has 100 valence electrons. The molecule has 1 aliphatic rings. The monoisotopic (exact) mass is 247 g/mol. The third-order valence-electron chi connectivity index (χ3n) is 4.02. The molecule has 2 unspecified atom stereocenters. The number of ether oxygens (including phenoxy) is 1. The number of methoxy groups -OCH3 is 1. The molecule has 0 amide bonds. The van der Waals surface area contributed by atoms with Gasteiger partial charge >= 0.3 is 0 Å². The fraction of sp³-hybridized carbons (Fsp3) is 0.625. The number of hydrogen-bond acceptors (Lipinski definition) is 2. The van der Waals surface area contributed by atoms with E-state index in [0.717, 1.165) is 18.5 Å². The average Bonchev–Trinajstić information content (AvgIpc) is 2.85. The van der Waals surface area contributed by atoms with Gasteiger partial charge in [-0.3, -0.25) is 0 Å². The third kappa shape index (κ3) is 3.82. The van der Waals surface area contributed by atoms with E-state index in [1.165, 1.54) is 36.8 Å². The van der Waals surface area contributed by atoms with Crippen molar-refractivity contribution in [2.45, 2.75) is 51.8 Å². The zero-order valence-corrected chi connectivity index (χ0v) is 11.6. The maximum atomic E-state index is 5.17. The molecule has 1 aromatic carbocycles. The van der Waals surface area contributed by atoms with Gasteiger partial charge in [-0.2, -0.15) is 0 Å². The summed E-state index contributed by atoms with van der Waals surface area (Å²) in [5.74, 6) is 0.947. The van der Waals surface area contributed by atoms with E-state index in [1.54, 1.807) is 7.11 Å². The van der Waals surface area contributed by atoms with Gasteiger partial charge in [0.25, 0.3) is 0 Å². The largest absolute Gasteiger partial charge is 0.380 e. The van der Waals surface area contributed by atoms with Crippen molar-refractivity contribution in [3.8, 4) is 0 Å². The molecule has 2 nitrogen and oxygen atoms in total. The van der Waals surface area contributed by atoms with E-state index < -0.39 is 0 Å². The van der Waals surface area contributed by atoms with Gasteiger partial charge in [-0.05, 0) is 36.3 Å². The van der Waals surface area contributed by atoms with Crippen molar-refractivity contribution in [3.63, 3.8) is 0 Å². The highest BCUT2D eigenvalue weighted by Crippen LogP contribution is 2.28. The van der Waals surface area contributed by atoms with Gasteiger partial charge in [-0.25, -0.2) is 0 Å². The number of benzene rings is 1. The average molecular weight is 247 g/mol. The van der Waals surface area contributed by atoms with Crippen LogP contribution in [0.2, 0.25) is 0 Å². The lowest BCUT2D eigenvalue weighted by Gasteiger charge is -2.13. The van der Waals surface area contributed by atoms with Crippen LogP contribution in [0.5, 0.6) is 0 Å². The Hall–Kier alpha value is -0.860. The second-order valence-corrected chi connectivity index (χ2v) is 5.42. The Balaban J connectivity index is 1.81. The van der Waals surface area contributed by atoms with Gasteiger partial charge in [0.15, 0.2) is 0 Å². The SMILES string of the molecule is CCC1CCC(NCc2cccc(COC)c2)C1. The van der Waals surface area contributed by atoms with E-state index in [9.17, 15) is 0 Å². The maximum Gasteiger partial charge on any atom is 0.0713 e. The van der Waals surface area contributed by atoms with Crippen LogP contribution >= 0.6 is 0 Å². The molecule has 0 radical (unpaired) electrons. The van der Waals surface area contributed by atoms with Gasteiger partial charge in [0.1, 0.15) is 0 Å². The molecular weight excluding hydrogens is 222 g/mol. The van der Waals surface area contributed by atoms with Crippen molar-refractivity contribution in [1.82, 2.24) is 5.32 Å². The lowest BCUT2D eigenvalue weighted by atomic mass is 10.1. The quantitative estimate of drug-likeness (QED) is 0.830. The molecule has 2 rings (SSSR count). The van der Waals surface area contributed by atoms with Crippen LogP contribution in [0.1, 0.15) is 43.7 Å². The predicted molar refractivity (Wildman–Crippen MR) is 75.4 cm³/mol. The highest BCUT2D eigenvalue weighted by atomic mass is 16.5. The summed E-state index contributed by atoms with van der Waals surface area (Å²) in [4.78, 5) is 0. The molecule has 0 aromatic heterocycles. The molecule has 2 atom stereocenters. The Bertz CT molecular complexity index is 364. The summed E-state index contributed by atoms with van der Waals surface area (Å²) in [5.41, 5.74) is 2.62. The lowest BCUT2D eigenvalue weighted by molar-refractivity contribution is 0.185. The first-order valence-corrected chi connectivity index (χ1v) is 7.12. The van der Waals surface area contributed by atoms with Crippen molar-refractivity contribution in [2.24, 2.45) is 5.92 Å². The fourth-order valence-electron chi connectivity index (χ4n) is 2.89. The second-order valence-electron chi connectivity index (χ2n) is 5.42. The normalized spacial score (nSPS) is 23.4. The van der Waals surface area contributed by atoms with Crippen LogP contribution in [0.4, 0.5) is 0 Å². The van der Waals surface area contributed by atoms with Crippen LogP contribution in [0.15, 0.2) is 24.3 Å². The molecule has 2 heteroatoms. The molecule has 0 aliphatic heterocycles. The van der Waals surface area contributed by atoms with Crippen LogP contribution in [0.25, 0.3) is 0 Å². The summed E-state index contributed by atoms with van der Waals surface area (Å²) in [6.07, 6.45) is 5.43. The first kappa shape index (κ1) is 13.6. The minimum Gasteiger partial charge on any atom is -0.380 e. The first-order chi connectivity index (χ1) is 8.81. The summed E-state index contributed by atoms with van der Waals surface area (Å²) < 4.78 is 5.17. The Morgan fingerprint density at radius 1 is 1.28 bits per heavy atom. The Morgan fingerprint density at radius 3 is 2.83 bits per heavy atom. The summed E-state index contributed by atoms with van der Waals surface area (Å²) in [6, 6.07) is 9.40. The summed E-state index contributed by atoms with van der Waals surface area (Å²) in [6.45, 7) is 4.00. The molecule has 1 aromatic rings. The standard InChI is InChI=1S/C16H25NO/c1-3-13-7-8-16(10-13)17-11-14-5-4-6-15(9-14)12-18-2/h4-6,9,13,16-17H,3,7-8,10-12H2,1-2H3. The van der Waals surface area contributed by atoms with Crippen molar-refractivity contribution in [3.05, 3.63) is 35.4 Å². The van der Waals surface area contributed by atoms with E-state index >= 15 is 0 Å². The molecule has 0 spiro atoms. The van der Waals surface area contributed by atoms with Crippen molar-refractivity contribution in [2.75, 3.05) is 7.11 Å². The van der Waals surface area contributed by atoms with Crippen LogP contribution in [0, 0.1) is 5.92 Å². The fourth-order valence-corrected chi connectivity index (χ4v) is 2.89. The third-order valence-corrected chi connectivity index (χ3v) is 4.02. The molecule has 1 saturated carbocycles. The van der Waals surface area contributed by atoms with Gasteiger partial charge in [-0.15, -0.1) is 0 Å². The zero-order chi connectivity index (χ0) is 12.8. The molecule has 1 fully saturated rings. The molecule has 0 bridgehead atoms. The minimum atomic E-state index is 0.704. The summed E-state index contributed by atoms with van der Waals surface area (Å²) >= 11 is 0. The first-order valence-electron chi connectivity index (χ1n) is 7.12. The van der Waals surface area contributed by atoms with E-state index in [0.29, 0.717) is 6.61 Å². The molecule has 1 N–H and O–H groups in total. The summed E-state index contributed by atoms with van der Waals surface area (Å²) in [5, 5.41) is 3.69. The molecular formula is C16H25NO. The number of hydrogen-bond donors (Lipinski definition) is 1. The molecule has 18 heavy (non-hydrogen) atoms. The summed E-state index contributed by atoms with van der Waals surface area (Å²) in [7, 11) is 1.74. The molecule has 1 aliphatic carbocycles. The van der Waals surface area contributed by atoms with Gasteiger partial charge in [-0.1, -0.05) is 37.6 Å². The minimum absolute atomic E-state index is 0.704. The van der Waals surface area contributed by atoms with Crippen molar-refractivity contribution < 1.29 is 4.74 Å². The molecule has 0 saturated heterocycles. The van der Waals surface area contributed by atoms with Gasteiger partial charge in [0, 0.05) is 19.7 Å². The smallest absolute Gasteiger partial charge is 0.0713 e. The van der Waals surface area contributed by atoms with E-state index in [1.807, 2.05) is 0 Å². The van der Waals surface area contributed by atoms with Gasteiger partial charge in [0.2, 0.25) is 0 Å². The van der Waals surface area contributed by atoms with E-state index in [4.69, 9.17) is 4.74 Å². The lowest BCUT2D eigenvalue weighted by Crippen LogP contribution is -2.25.